The Hall–Kier alpha value is -1.29. The molecule has 0 bridgehead atoms. The second kappa shape index (κ2) is 6.75. The maximum atomic E-state index is 13.8. The SMILES string of the molecule is CCC(CC)(CCl)NC(=O)c1ccc(OC)cc1F. The number of methoxy groups -OCH3 is 1. The van der Waals surface area contributed by atoms with Crippen LogP contribution in [0.3, 0.4) is 0 Å². The Labute approximate surface area is 118 Å². The van der Waals surface area contributed by atoms with Crippen molar-refractivity contribution in [2.75, 3.05) is 13.0 Å². The fourth-order valence-electron chi connectivity index (χ4n) is 1.76. The maximum Gasteiger partial charge on any atom is 0.254 e. The van der Waals surface area contributed by atoms with Crippen molar-refractivity contribution in [1.82, 2.24) is 5.32 Å². The normalized spacial score (nSPS) is 11.2. The standard InChI is InChI=1S/C14H19ClFNO2/c1-4-14(5-2,9-15)17-13(18)11-7-6-10(19-3)8-12(11)16/h6-8H,4-5,9H2,1-3H3,(H,17,18). The van der Waals surface area contributed by atoms with Crippen LogP contribution in [0.2, 0.25) is 0 Å². The van der Waals surface area contributed by atoms with Crippen molar-refractivity contribution in [3.05, 3.63) is 29.6 Å². The van der Waals surface area contributed by atoms with E-state index in [4.69, 9.17) is 16.3 Å². The van der Waals surface area contributed by atoms with Gasteiger partial charge < -0.3 is 10.1 Å². The highest BCUT2D eigenvalue weighted by atomic mass is 35.5. The second-order valence-electron chi connectivity index (χ2n) is 4.42. The second-order valence-corrected chi connectivity index (χ2v) is 4.69. The first-order chi connectivity index (χ1) is 9.01. The summed E-state index contributed by atoms with van der Waals surface area (Å²) in [5, 5.41) is 2.82. The molecule has 1 aromatic carbocycles. The van der Waals surface area contributed by atoms with Crippen LogP contribution < -0.4 is 10.1 Å². The number of halogens is 2. The van der Waals surface area contributed by atoms with E-state index in [9.17, 15) is 9.18 Å². The number of rotatable bonds is 6. The summed E-state index contributed by atoms with van der Waals surface area (Å²) >= 11 is 5.92. The van der Waals surface area contributed by atoms with Crippen LogP contribution in [-0.4, -0.2) is 24.4 Å². The first kappa shape index (κ1) is 15.8. The molecular weight excluding hydrogens is 269 g/mol. The lowest BCUT2D eigenvalue weighted by Gasteiger charge is -2.30. The zero-order chi connectivity index (χ0) is 14.5. The van der Waals surface area contributed by atoms with Crippen LogP contribution in [0.15, 0.2) is 18.2 Å². The van der Waals surface area contributed by atoms with Crippen LogP contribution in [0.25, 0.3) is 0 Å². The van der Waals surface area contributed by atoms with Gasteiger partial charge in [-0.25, -0.2) is 4.39 Å². The van der Waals surface area contributed by atoms with Gasteiger partial charge in [0.2, 0.25) is 0 Å². The number of benzene rings is 1. The molecular formula is C14H19ClFNO2. The third kappa shape index (κ3) is 3.60. The van der Waals surface area contributed by atoms with E-state index in [2.05, 4.69) is 5.32 Å². The maximum absolute atomic E-state index is 13.8. The molecule has 0 atom stereocenters. The molecule has 0 aliphatic rings. The minimum atomic E-state index is -0.604. The monoisotopic (exact) mass is 287 g/mol. The summed E-state index contributed by atoms with van der Waals surface area (Å²) in [6.07, 6.45) is 1.38. The quantitative estimate of drug-likeness (QED) is 0.815. The molecule has 0 saturated carbocycles. The van der Waals surface area contributed by atoms with E-state index in [1.165, 1.54) is 19.2 Å². The number of hydrogen-bond acceptors (Lipinski definition) is 2. The van der Waals surface area contributed by atoms with Crippen LogP contribution in [0.1, 0.15) is 37.0 Å². The molecule has 0 heterocycles. The van der Waals surface area contributed by atoms with Crippen molar-refractivity contribution in [2.45, 2.75) is 32.2 Å². The first-order valence-corrected chi connectivity index (χ1v) is 6.77. The minimum Gasteiger partial charge on any atom is -0.497 e. The zero-order valence-corrected chi connectivity index (χ0v) is 12.2. The lowest BCUT2D eigenvalue weighted by Crippen LogP contribution is -2.49. The molecule has 3 nitrogen and oxygen atoms in total. The lowest BCUT2D eigenvalue weighted by atomic mass is 9.94. The Balaban J connectivity index is 2.95. The molecule has 1 N–H and O–H groups in total. The highest BCUT2D eigenvalue weighted by Gasteiger charge is 2.28. The molecule has 0 unspecified atom stereocenters. The number of carbonyl (C=O) groups excluding carboxylic acids is 1. The van der Waals surface area contributed by atoms with E-state index in [1.54, 1.807) is 6.07 Å². The van der Waals surface area contributed by atoms with Gasteiger partial charge in [0.25, 0.3) is 5.91 Å². The minimum absolute atomic E-state index is 0.00260. The topological polar surface area (TPSA) is 38.3 Å². The first-order valence-electron chi connectivity index (χ1n) is 6.24. The van der Waals surface area contributed by atoms with Gasteiger partial charge in [0.15, 0.2) is 0 Å². The van der Waals surface area contributed by atoms with Gasteiger partial charge in [-0.2, -0.15) is 0 Å². The van der Waals surface area contributed by atoms with Crippen LogP contribution in [-0.2, 0) is 0 Å². The fourth-order valence-corrected chi connectivity index (χ4v) is 2.21. The van der Waals surface area contributed by atoms with Crippen LogP contribution in [0.4, 0.5) is 4.39 Å². The van der Waals surface area contributed by atoms with Crippen molar-refractivity contribution < 1.29 is 13.9 Å². The predicted molar refractivity (Wildman–Crippen MR) is 74.5 cm³/mol. The number of carbonyl (C=O) groups is 1. The number of alkyl halides is 1. The van der Waals surface area contributed by atoms with Crippen LogP contribution in [0, 0.1) is 5.82 Å². The van der Waals surface area contributed by atoms with E-state index in [0.717, 1.165) is 0 Å². The molecule has 0 fully saturated rings. The lowest BCUT2D eigenvalue weighted by molar-refractivity contribution is 0.0898. The van der Waals surface area contributed by atoms with Crippen molar-refractivity contribution in [1.29, 1.82) is 0 Å². The van der Waals surface area contributed by atoms with Gasteiger partial charge in [0.1, 0.15) is 11.6 Å². The number of hydrogen-bond donors (Lipinski definition) is 1. The number of ether oxygens (including phenoxy) is 1. The predicted octanol–water partition coefficient (Wildman–Crippen LogP) is 3.36. The van der Waals surface area contributed by atoms with Crippen molar-refractivity contribution in [3.8, 4) is 5.75 Å². The van der Waals surface area contributed by atoms with E-state index >= 15 is 0 Å². The smallest absolute Gasteiger partial charge is 0.254 e. The Morgan fingerprint density at radius 1 is 1.42 bits per heavy atom. The van der Waals surface area contributed by atoms with Crippen molar-refractivity contribution >= 4 is 17.5 Å². The molecule has 0 radical (unpaired) electrons. The summed E-state index contributed by atoms with van der Waals surface area (Å²) in [6.45, 7) is 3.88. The van der Waals surface area contributed by atoms with Gasteiger partial charge in [0, 0.05) is 11.9 Å². The fraction of sp³-hybridized carbons (Fsp3) is 0.500. The van der Waals surface area contributed by atoms with Gasteiger partial charge in [-0.3, -0.25) is 4.79 Å². The Morgan fingerprint density at radius 2 is 2.05 bits per heavy atom. The highest BCUT2D eigenvalue weighted by molar-refractivity contribution is 6.19. The summed E-state index contributed by atoms with van der Waals surface area (Å²) in [7, 11) is 1.45. The van der Waals surface area contributed by atoms with Crippen LogP contribution in [0.5, 0.6) is 5.75 Å². The van der Waals surface area contributed by atoms with E-state index in [1.807, 2.05) is 13.8 Å². The Kier molecular flexibility index (Phi) is 5.60. The molecule has 19 heavy (non-hydrogen) atoms. The molecule has 0 aliphatic heterocycles. The summed E-state index contributed by atoms with van der Waals surface area (Å²) < 4.78 is 18.7. The third-order valence-electron chi connectivity index (χ3n) is 3.41. The molecule has 0 spiro atoms. The van der Waals surface area contributed by atoms with Gasteiger partial charge in [0.05, 0.1) is 18.2 Å². The largest absolute Gasteiger partial charge is 0.497 e. The average molecular weight is 288 g/mol. The highest BCUT2D eigenvalue weighted by Crippen LogP contribution is 2.20. The molecule has 106 valence electrons. The molecule has 0 aromatic heterocycles. The molecule has 1 amide bonds. The van der Waals surface area contributed by atoms with Gasteiger partial charge in [-0.1, -0.05) is 13.8 Å². The summed E-state index contributed by atoms with van der Waals surface area (Å²) in [4.78, 5) is 12.1. The van der Waals surface area contributed by atoms with Gasteiger partial charge >= 0.3 is 0 Å². The van der Waals surface area contributed by atoms with E-state index in [-0.39, 0.29) is 5.56 Å². The summed E-state index contributed by atoms with van der Waals surface area (Å²) in [5.74, 6) is -0.385. The Bertz CT molecular complexity index is 439. The number of nitrogens with one attached hydrogen (secondary N) is 1. The summed E-state index contributed by atoms with van der Waals surface area (Å²) in [6, 6.07) is 4.15. The number of amides is 1. The zero-order valence-electron chi connectivity index (χ0n) is 11.4. The average Bonchev–Trinajstić information content (AvgIpc) is 2.44. The van der Waals surface area contributed by atoms with E-state index in [0.29, 0.717) is 24.5 Å². The molecule has 1 aromatic rings. The molecule has 5 heteroatoms. The van der Waals surface area contributed by atoms with Crippen molar-refractivity contribution in [3.63, 3.8) is 0 Å². The third-order valence-corrected chi connectivity index (χ3v) is 3.92. The Morgan fingerprint density at radius 3 is 2.47 bits per heavy atom. The summed E-state index contributed by atoms with van der Waals surface area (Å²) in [5.41, 5.74) is -0.498. The van der Waals surface area contributed by atoms with Gasteiger partial charge in [-0.05, 0) is 25.0 Å². The van der Waals surface area contributed by atoms with E-state index < -0.39 is 17.3 Å². The van der Waals surface area contributed by atoms with Crippen LogP contribution >= 0.6 is 11.6 Å². The molecule has 0 aliphatic carbocycles. The van der Waals surface area contributed by atoms with Crippen molar-refractivity contribution in [2.24, 2.45) is 0 Å². The molecule has 0 saturated heterocycles. The van der Waals surface area contributed by atoms with Gasteiger partial charge in [-0.15, -0.1) is 11.6 Å². The molecule has 1 rings (SSSR count).